The molecule has 0 saturated carbocycles. The van der Waals surface area contributed by atoms with Crippen LogP contribution < -0.4 is 0 Å². The van der Waals surface area contributed by atoms with Gasteiger partial charge in [0.25, 0.3) is 0 Å². The molecule has 0 aliphatic rings. The van der Waals surface area contributed by atoms with Gasteiger partial charge in [0.2, 0.25) is 0 Å². The topological polar surface area (TPSA) is 37.3 Å². The number of hydrogen-bond acceptors (Lipinski definition) is 1. The predicted molar refractivity (Wildman–Crippen MR) is 45.6 cm³/mol. The fourth-order valence-electron chi connectivity index (χ4n) is 0.635. The first-order valence-corrected chi connectivity index (χ1v) is 3.07. The Balaban J connectivity index is 0.000001000. The first kappa shape index (κ1) is 10.6. The maximum atomic E-state index is 10.3. The van der Waals surface area contributed by atoms with E-state index in [1.165, 1.54) is 6.07 Å². The summed E-state index contributed by atoms with van der Waals surface area (Å²) in [6, 6.07) is 6.33. The van der Waals surface area contributed by atoms with Gasteiger partial charge < -0.3 is 5.11 Å². The van der Waals surface area contributed by atoms with Crippen molar-refractivity contribution >= 4 is 36.4 Å². The van der Waals surface area contributed by atoms with Gasteiger partial charge in [-0.1, -0.05) is 23.7 Å². The first-order chi connectivity index (χ1) is 4.72. The Bertz CT molecular complexity index is 262. The molecule has 0 fully saturated rings. The summed E-state index contributed by atoms with van der Waals surface area (Å²) >= 11 is 5.54. The number of carbonyl (C=O) groups is 1. The van der Waals surface area contributed by atoms with Crippen LogP contribution in [-0.2, 0) is 0 Å². The molecule has 1 aromatic carbocycles. The van der Waals surface area contributed by atoms with E-state index in [0.717, 1.165) is 0 Å². The van der Waals surface area contributed by atoms with Crippen LogP contribution in [0.25, 0.3) is 0 Å². The van der Waals surface area contributed by atoms with Gasteiger partial charge in [-0.15, -0.1) is 0 Å². The van der Waals surface area contributed by atoms with Crippen LogP contribution in [-0.4, -0.2) is 29.9 Å². The Morgan fingerprint density at radius 1 is 1.36 bits per heavy atom. The van der Waals surface area contributed by atoms with Crippen molar-refractivity contribution in [3.05, 3.63) is 34.9 Å². The number of carboxylic acid groups (broad SMARTS) is 1. The van der Waals surface area contributed by atoms with Crippen LogP contribution in [0.3, 0.4) is 0 Å². The van der Waals surface area contributed by atoms with Gasteiger partial charge in [-0.2, -0.15) is 0 Å². The molecule has 0 radical (unpaired) electrons. The van der Waals surface area contributed by atoms with Crippen molar-refractivity contribution in [3.63, 3.8) is 0 Å². The van der Waals surface area contributed by atoms with Crippen molar-refractivity contribution in [1.82, 2.24) is 0 Å². The molecule has 0 saturated heterocycles. The van der Waals surface area contributed by atoms with Crippen LogP contribution in [0.15, 0.2) is 24.3 Å². The zero-order valence-electron chi connectivity index (χ0n) is 5.04. The summed E-state index contributed by atoms with van der Waals surface area (Å²) in [6.07, 6.45) is 0. The normalized spacial score (nSPS) is 8.45. The Labute approximate surface area is 81.4 Å². The van der Waals surface area contributed by atoms with Gasteiger partial charge in [0, 0.05) is 0 Å². The van der Waals surface area contributed by atoms with E-state index in [4.69, 9.17) is 16.7 Å². The molecule has 11 heavy (non-hydrogen) atoms. The van der Waals surface area contributed by atoms with Crippen molar-refractivity contribution in [2.45, 2.75) is 0 Å². The van der Waals surface area contributed by atoms with Crippen LogP contribution in [0.4, 0.5) is 0 Å². The molecule has 54 valence electrons. The van der Waals surface area contributed by atoms with Gasteiger partial charge in [-0.25, -0.2) is 4.79 Å². The van der Waals surface area contributed by atoms with Crippen LogP contribution in [0.1, 0.15) is 10.4 Å². The van der Waals surface area contributed by atoms with E-state index in [-0.39, 0.29) is 29.4 Å². The molecule has 0 aliphatic carbocycles. The van der Waals surface area contributed by atoms with Gasteiger partial charge in [0.15, 0.2) is 0 Å². The third kappa shape index (κ3) is 2.59. The molecule has 0 amide bonds. The second-order valence-corrected chi connectivity index (χ2v) is 2.19. The van der Waals surface area contributed by atoms with Crippen LogP contribution in [0.2, 0.25) is 5.02 Å². The Kier molecular flexibility index (Phi) is 4.28. The van der Waals surface area contributed by atoms with E-state index in [1.807, 2.05) is 0 Å². The third-order valence-electron chi connectivity index (χ3n) is 1.10. The minimum absolute atomic E-state index is 0. The molecule has 1 aromatic rings. The predicted octanol–water partition coefficient (Wildman–Crippen LogP) is 1.39. The van der Waals surface area contributed by atoms with E-state index in [2.05, 4.69) is 0 Å². The quantitative estimate of drug-likeness (QED) is 0.637. The molecular weight excluding hydrogens is 158 g/mol. The van der Waals surface area contributed by atoms with Crippen molar-refractivity contribution in [2.24, 2.45) is 0 Å². The fraction of sp³-hybridized carbons (Fsp3) is 0. The SMILES string of the molecule is O=C(O)c1ccccc1Cl.[LiH]. The second kappa shape index (κ2) is 4.45. The summed E-state index contributed by atoms with van der Waals surface area (Å²) in [4.78, 5) is 10.3. The molecule has 0 bridgehead atoms. The van der Waals surface area contributed by atoms with Crippen molar-refractivity contribution in [1.29, 1.82) is 0 Å². The average molecular weight is 165 g/mol. The molecule has 0 aromatic heterocycles. The summed E-state index contributed by atoms with van der Waals surface area (Å²) in [5.74, 6) is -0.995. The summed E-state index contributed by atoms with van der Waals surface area (Å²) in [7, 11) is 0. The van der Waals surface area contributed by atoms with Gasteiger partial charge in [0.1, 0.15) is 0 Å². The monoisotopic (exact) mass is 164 g/mol. The van der Waals surface area contributed by atoms with Crippen LogP contribution in [0, 0.1) is 0 Å². The van der Waals surface area contributed by atoms with Crippen molar-refractivity contribution < 1.29 is 9.90 Å². The minimum atomic E-state index is -0.995. The van der Waals surface area contributed by atoms with E-state index < -0.39 is 5.97 Å². The standard InChI is InChI=1S/C7H5ClO2.Li.H/c8-6-4-2-1-3-5(6)7(9)10;;/h1-4H,(H,9,10);;. The number of rotatable bonds is 1. The molecule has 0 spiro atoms. The van der Waals surface area contributed by atoms with Gasteiger partial charge >= 0.3 is 24.8 Å². The number of hydrogen-bond donors (Lipinski definition) is 1. The zero-order valence-corrected chi connectivity index (χ0v) is 5.80. The Morgan fingerprint density at radius 2 is 1.91 bits per heavy atom. The van der Waals surface area contributed by atoms with Crippen LogP contribution >= 0.6 is 11.6 Å². The van der Waals surface area contributed by atoms with Crippen molar-refractivity contribution in [2.75, 3.05) is 0 Å². The Morgan fingerprint density at radius 3 is 2.27 bits per heavy atom. The molecule has 1 N–H and O–H groups in total. The number of benzene rings is 1. The fourth-order valence-corrected chi connectivity index (χ4v) is 0.851. The van der Waals surface area contributed by atoms with Gasteiger partial charge in [-0.05, 0) is 12.1 Å². The van der Waals surface area contributed by atoms with Crippen LogP contribution in [0.5, 0.6) is 0 Å². The zero-order chi connectivity index (χ0) is 7.56. The summed E-state index contributed by atoms with van der Waals surface area (Å²) < 4.78 is 0. The number of aromatic carboxylic acids is 1. The third-order valence-corrected chi connectivity index (χ3v) is 1.43. The number of carboxylic acids is 1. The van der Waals surface area contributed by atoms with E-state index in [1.54, 1.807) is 18.2 Å². The van der Waals surface area contributed by atoms with Gasteiger partial charge in [-0.3, -0.25) is 0 Å². The molecular formula is C7H6ClLiO2. The molecule has 0 aliphatic heterocycles. The molecule has 4 heteroatoms. The second-order valence-electron chi connectivity index (χ2n) is 1.78. The molecule has 0 heterocycles. The number of halogens is 1. The van der Waals surface area contributed by atoms with E-state index in [9.17, 15) is 4.79 Å². The Hall–Kier alpha value is -0.423. The summed E-state index contributed by atoms with van der Waals surface area (Å²) in [6.45, 7) is 0. The van der Waals surface area contributed by atoms with E-state index >= 15 is 0 Å². The summed E-state index contributed by atoms with van der Waals surface area (Å²) in [5.41, 5.74) is 0.143. The summed E-state index contributed by atoms with van der Waals surface area (Å²) in [5, 5.41) is 8.75. The van der Waals surface area contributed by atoms with Gasteiger partial charge in [0.05, 0.1) is 10.6 Å². The molecule has 1 rings (SSSR count). The average Bonchev–Trinajstić information content (AvgIpc) is 1.88. The molecule has 0 unspecified atom stereocenters. The van der Waals surface area contributed by atoms with E-state index in [0.29, 0.717) is 0 Å². The molecule has 0 atom stereocenters. The van der Waals surface area contributed by atoms with Crippen molar-refractivity contribution in [3.8, 4) is 0 Å². The maximum absolute atomic E-state index is 10.3. The first-order valence-electron chi connectivity index (χ1n) is 2.69. The molecule has 2 nitrogen and oxygen atoms in total.